The van der Waals surface area contributed by atoms with Crippen molar-refractivity contribution < 1.29 is 22.3 Å². The van der Waals surface area contributed by atoms with Gasteiger partial charge in [-0.25, -0.2) is 0 Å². The van der Waals surface area contributed by atoms with E-state index in [4.69, 9.17) is 0 Å². The second-order valence-corrected chi connectivity index (χ2v) is 7.66. The van der Waals surface area contributed by atoms with Crippen LogP contribution in [0.1, 0.15) is 59.1 Å². The maximum Gasteiger partial charge on any atom is 0.464 e. The van der Waals surface area contributed by atoms with Crippen molar-refractivity contribution in [2.45, 2.75) is 72.3 Å². The number of halogens is 4. The van der Waals surface area contributed by atoms with Crippen LogP contribution in [0.5, 0.6) is 5.75 Å². The SMILES string of the molecule is CCC(C)(C)c1ccc(OC(F)(F)C(F)(F)C(C)(C)C)c(C)c1. The standard InChI is InChI=1S/C18H26F4O/c1-8-16(6,7)13-9-10-14(12(2)11-13)23-18(21,22)17(19,20)15(3,4)5/h9-11H,8H2,1-7H3. The topological polar surface area (TPSA) is 9.23 Å². The molecule has 0 heterocycles. The van der Waals surface area contributed by atoms with Gasteiger partial charge < -0.3 is 4.74 Å². The Balaban J connectivity index is 3.15. The predicted octanol–water partition coefficient (Wildman–Crippen LogP) is 6.34. The van der Waals surface area contributed by atoms with E-state index in [9.17, 15) is 17.6 Å². The highest BCUT2D eigenvalue weighted by atomic mass is 19.3. The average molecular weight is 334 g/mol. The van der Waals surface area contributed by atoms with E-state index in [1.807, 2.05) is 20.8 Å². The molecule has 0 aliphatic carbocycles. The van der Waals surface area contributed by atoms with E-state index < -0.39 is 17.4 Å². The second-order valence-electron chi connectivity index (χ2n) is 7.66. The van der Waals surface area contributed by atoms with Crippen molar-refractivity contribution in [3.63, 3.8) is 0 Å². The van der Waals surface area contributed by atoms with Gasteiger partial charge in [-0.1, -0.05) is 53.7 Å². The van der Waals surface area contributed by atoms with Gasteiger partial charge in [0.25, 0.3) is 0 Å². The zero-order valence-corrected chi connectivity index (χ0v) is 14.9. The smallest absolute Gasteiger partial charge is 0.428 e. The first kappa shape index (κ1) is 19.8. The van der Waals surface area contributed by atoms with Crippen LogP contribution in [0, 0.1) is 12.3 Å². The average Bonchev–Trinajstić information content (AvgIpc) is 2.39. The van der Waals surface area contributed by atoms with Crippen molar-refractivity contribution in [1.82, 2.24) is 0 Å². The van der Waals surface area contributed by atoms with Crippen molar-refractivity contribution in [3.05, 3.63) is 29.3 Å². The summed E-state index contributed by atoms with van der Waals surface area (Å²) in [6.45, 7) is 10.8. The summed E-state index contributed by atoms with van der Waals surface area (Å²) >= 11 is 0. The Morgan fingerprint density at radius 3 is 1.87 bits per heavy atom. The molecule has 23 heavy (non-hydrogen) atoms. The number of rotatable bonds is 5. The molecule has 0 aromatic heterocycles. The molecule has 0 radical (unpaired) electrons. The van der Waals surface area contributed by atoms with Crippen molar-refractivity contribution in [2.75, 3.05) is 0 Å². The quantitative estimate of drug-likeness (QED) is 0.571. The first-order valence-electron chi connectivity index (χ1n) is 7.71. The van der Waals surface area contributed by atoms with E-state index in [0.717, 1.165) is 32.8 Å². The van der Waals surface area contributed by atoms with Crippen LogP contribution in [0.4, 0.5) is 17.6 Å². The molecule has 132 valence electrons. The first-order valence-corrected chi connectivity index (χ1v) is 7.71. The number of benzene rings is 1. The van der Waals surface area contributed by atoms with Crippen LogP contribution >= 0.6 is 0 Å². The van der Waals surface area contributed by atoms with Crippen molar-refractivity contribution >= 4 is 0 Å². The Kier molecular flexibility index (Phi) is 5.15. The van der Waals surface area contributed by atoms with Gasteiger partial charge in [0, 0.05) is 5.41 Å². The minimum Gasteiger partial charge on any atom is -0.428 e. The van der Waals surface area contributed by atoms with Gasteiger partial charge in [-0.15, -0.1) is 0 Å². The lowest BCUT2D eigenvalue weighted by molar-refractivity contribution is -0.340. The molecule has 0 N–H and O–H groups in total. The van der Waals surface area contributed by atoms with Gasteiger partial charge in [-0.3, -0.25) is 0 Å². The molecule has 1 rings (SSSR count). The number of alkyl halides is 4. The zero-order valence-electron chi connectivity index (χ0n) is 14.9. The summed E-state index contributed by atoms with van der Waals surface area (Å²) in [5.41, 5.74) is -0.681. The van der Waals surface area contributed by atoms with Gasteiger partial charge >= 0.3 is 12.0 Å². The number of aryl methyl sites for hydroxylation is 1. The van der Waals surface area contributed by atoms with Gasteiger partial charge in [0.05, 0.1) is 0 Å². The molecule has 1 aromatic rings. The Labute approximate surface area is 136 Å². The fourth-order valence-corrected chi connectivity index (χ4v) is 2.03. The molecule has 0 aliphatic rings. The van der Waals surface area contributed by atoms with Crippen LogP contribution in [-0.2, 0) is 5.41 Å². The molecule has 1 nitrogen and oxygen atoms in total. The molecule has 5 heteroatoms. The lowest BCUT2D eigenvalue weighted by Gasteiger charge is -2.36. The van der Waals surface area contributed by atoms with Crippen LogP contribution in [0.25, 0.3) is 0 Å². The van der Waals surface area contributed by atoms with Crippen LogP contribution in [-0.4, -0.2) is 12.0 Å². The van der Waals surface area contributed by atoms with E-state index in [2.05, 4.69) is 4.74 Å². The molecule has 0 bridgehead atoms. The van der Waals surface area contributed by atoms with Gasteiger partial charge in [0.1, 0.15) is 5.75 Å². The third-order valence-corrected chi connectivity index (χ3v) is 4.39. The summed E-state index contributed by atoms with van der Waals surface area (Å²) in [7, 11) is 0. The third kappa shape index (κ3) is 3.81. The number of hydrogen-bond acceptors (Lipinski definition) is 1. The molecule has 0 unspecified atom stereocenters. The summed E-state index contributed by atoms with van der Waals surface area (Å²) in [6, 6.07) is 4.70. The van der Waals surface area contributed by atoms with E-state index in [1.165, 1.54) is 6.07 Å². The number of hydrogen-bond donors (Lipinski definition) is 0. The van der Waals surface area contributed by atoms with E-state index in [1.54, 1.807) is 19.1 Å². The lowest BCUT2D eigenvalue weighted by Crippen LogP contribution is -2.53. The zero-order chi connectivity index (χ0) is 18.3. The molecule has 0 atom stereocenters. The summed E-state index contributed by atoms with van der Waals surface area (Å²) in [5.74, 6) is -4.53. The minimum absolute atomic E-state index is 0.124. The molecule has 1 aromatic carbocycles. The van der Waals surface area contributed by atoms with Gasteiger partial charge in [-0.05, 0) is 36.0 Å². The van der Waals surface area contributed by atoms with Crippen LogP contribution in [0.3, 0.4) is 0 Å². The van der Waals surface area contributed by atoms with Crippen LogP contribution in [0.2, 0.25) is 0 Å². The lowest BCUT2D eigenvalue weighted by atomic mass is 9.81. The largest absolute Gasteiger partial charge is 0.464 e. The summed E-state index contributed by atoms with van der Waals surface area (Å²) < 4.78 is 60.4. The van der Waals surface area contributed by atoms with Gasteiger partial charge in [0.2, 0.25) is 0 Å². The fourth-order valence-electron chi connectivity index (χ4n) is 2.03. The van der Waals surface area contributed by atoms with Crippen molar-refractivity contribution in [1.29, 1.82) is 0 Å². The Hall–Kier alpha value is -1.26. The van der Waals surface area contributed by atoms with Crippen molar-refractivity contribution in [2.24, 2.45) is 5.41 Å². The van der Waals surface area contributed by atoms with Gasteiger partial charge in [-0.2, -0.15) is 17.6 Å². The maximum absolute atomic E-state index is 14.0. The monoisotopic (exact) mass is 334 g/mol. The van der Waals surface area contributed by atoms with E-state index in [-0.39, 0.29) is 11.2 Å². The molecule has 0 fully saturated rings. The molecular formula is C18H26F4O. The third-order valence-electron chi connectivity index (χ3n) is 4.39. The molecule has 0 saturated heterocycles. The van der Waals surface area contributed by atoms with Crippen LogP contribution < -0.4 is 4.74 Å². The molecule has 0 saturated carbocycles. The number of ether oxygens (including phenoxy) is 1. The predicted molar refractivity (Wildman–Crippen MR) is 84.5 cm³/mol. The highest BCUT2D eigenvalue weighted by molar-refractivity contribution is 5.39. The second kappa shape index (κ2) is 5.99. The Bertz CT molecular complexity index is 557. The molecule has 0 amide bonds. The molecular weight excluding hydrogens is 308 g/mol. The maximum atomic E-state index is 14.0. The highest BCUT2D eigenvalue weighted by Gasteiger charge is 2.66. The summed E-state index contributed by atoms with van der Waals surface area (Å²) in [4.78, 5) is 0. The van der Waals surface area contributed by atoms with E-state index >= 15 is 0 Å². The first-order chi connectivity index (χ1) is 10.2. The molecule has 0 spiro atoms. The normalized spacial score (nSPS) is 14.0. The van der Waals surface area contributed by atoms with E-state index in [0.29, 0.717) is 5.56 Å². The minimum atomic E-state index is -4.59. The highest BCUT2D eigenvalue weighted by Crippen LogP contribution is 2.48. The Morgan fingerprint density at radius 2 is 1.48 bits per heavy atom. The fraction of sp³-hybridized carbons (Fsp3) is 0.667. The summed E-state index contributed by atoms with van der Waals surface area (Å²) in [5, 5.41) is 0. The molecule has 0 aliphatic heterocycles. The van der Waals surface area contributed by atoms with Gasteiger partial charge in [0.15, 0.2) is 0 Å². The van der Waals surface area contributed by atoms with Crippen LogP contribution in [0.15, 0.2) is 18.2 Å². The van der Waals surface area contributed by atoms with Crippen molar-refractivity contribution in [3.8, 4) is 5.75 Å². The Morgan fingerprint density at radius 1 is 0.957 bits per heavy atom. The summed E-state index contributed by atoms with van der Waals surface area (Å²) in [6.07, 6.45) is -3.72.